The molecule has 2 amide bonds. The maximum atomic E-state index is 13.7. The Morgan fingerprint density at radius 3 is 2.57 bits per heavy atom. The molecule has 5 heteroatoms. The van der Waals surface area contributed by atoms with Crippen LogP contribution in [0.25, 0.3) is 0 Å². The molecule has 0 aromatic heterocycles. The summed E-state index contributed by atoms with van der Waals surface area (Å²) in [6, 6.07) is 11.1. The van der Waals surface area contributed by atoms with E-state index in [1.165, 1.54) is 18.2 Å². The number of benzene rings is 2. The SMILES string of the molecule is CN1C(=O)C(C)(C)c2cc(NC(=O)c3ccccc3F)ccc21. The molecule has 2 aromatic rings. The van der Waals surface area contributed by atoms with Crippen LogP contribution in [-0.4, -0.2) is 18.9 Å². The number of hydrogen-bond acceptors (Lipinski definition) is 2. The minimum Gasteiger partial charge on any atom is -0.322 e. The maximum Gasteiger partial charge on any atom is 0.258 e. The van der Waals surface area contributed by atoms with E-state index < -0.39 is 17.1 Å². The molecule has 2 aromatic carbocycles. The van der Waals surface area contributed by atoms with Gasteiger partial charge in [0.25, 0.3) is 5.91 Å². The van der Waals surface area contributed by atoms with Gasteiger partial charge in [0.1, 0.15) is 5.82 Å². The van der Waals surface area contributed by atoms with Crippen LogP contribution >= 0.6 is 0 Å². The fourth-order valence-electron chi connectivity index (χ4n) is 2.89. The zero-order chi connectivity index (χ0) is 16.8. The summed E-state index contributed by atoms with van der Waals surface area (Å²) in [4.78, 5) is 26.1. The maximum absolute atomic E-state index is 13.7. The average molecular weight is 312 g/mol. The number of nitrogens with zero attached hydrogens (tertiary/aromatic N) is 1. The minimum atomic E-state index is -0.650. The number of rotatable bonds is 2. The highest BCUT2D eigenvalue weighted by molar-refractivity contribution is 6.09. The fourth-order valence-corrected chi connectivity index (χ4v) is 2.89. The Kier molecular flexibility index (Phi) is 3.43. The molecular weight excluding hydrogens is 295 g/mol. The van der Waals surface area contributed by atoms with E-state index in [2.05, 4.69) is 5.32 Å². The van der Waals surface area contributed by atoms with Gasteiger partial charge in [-0.25, -0.2) is 4.39 Å². The lowest BCUT2D eigenvalue weighted by Crippen LogP contribution is -2.33. The largest absolute Gasteiger partial charge is 0.322 e. The van der Waals surface area contributed by atoms with E-state index >= 15 is 0 Å². The van der Waals surface area contributed by atoms with Crippen molar-refractivity contribution < 1.29 is 14.0 Å². The van der Waals surface area contributed by atoms with Crippen molar-refractivity contribution in [3.05, 3.63) is 59.4 Å². The lowest BCUT2D eigenvalue weighted by Gasteiger charge is -2.17. The van der Waals surface area contributed by atoms with E-state index in [1.807, 2.05) is 13.8 Å². The van der Waals surface area contributed by atoms with E-state index in [9.17, 15) is 14.0 Å². The number of amides is 2. The van der Waals surface area contributed by atoms with Crippen LogP contribution in [0.1, 0.15) is 29.8 Å². The summed E-state index contributed by atoms with van der Waals surface area (Å²) < 4.78 is 13.7. The smallest absolute Gasteiger partial charge is 0.258 e. The number of likely N-dealkylation sites (N-methyl/N-ethyl adjacent to an activating group) is 1. The van der Waals surface area contributed by atoms with Crippen molar-refractivity contribution in [1.29, 1.82) is 0 Å². The lowest BCUT2D eigenvalue weighted by atomic mass is 9.86. The van der Waals surface area contributed by atoms with Gasteiger partial charge in [-0.1, -0.05) is 12.1 Å². The second kappa shape index (κ2) is 5.19. The van der Waals surface area contributed by atoms with Crippen LogP contribution in [0, 0.1) is 5.82 Å². The molecule has 0 aliphatic carbocycles. The summed E-state index contributed by atoms with van der Waals surface area (Å²) in [7, 11) is 1.73. The number of halogens is 1. The molecule has 1 aliphatic rings. The molecule has 4 nitrogen and oxygen atoms in total. The zero-order valence-electron chi connectivity index (χ0n) is 13.2. The van der Waals surface area contributed by atoms with Crippen LogP contribution in [0.2, 0.25) is 0 Å². The lowest BCUT2D eigenvalue weighted by molar-refractivity contribution is -0.121. The first-order valence-corrected chi connectivity index (χ1v) is 7.31. The van der Waals surface area contributed by atoms with Crippen LogP contribution in [0.4, 0.5) is 15.8 Å². The minimum absolute atomic E-state index is 0.00470. The number of nitrogens with one attached hydrogen (secondary N) is 1. The van der Waals surface area contributed by atoms with Gasteiger partial charge in [-0.15, -0.1) is 0 Å². The first kappa shape index (κ1) is 15.2. The molecule has 0 radical (unpaired) electrons. The van der Waals surface area contributed by atoms with Gasteiger partial charge in [-0.3, -0.25) is 9.59 Å². The molecule has 118 valence electrons. The number of carbonyl (C=O) groups is 2. The van der Waals surface area contributed by atoms with Gasteiger partial charge in [0.05, 0.1) is 11.0 Å². The number of hydrogen-bond donors (Lipinski definition) is 1. The van der Waals surface area contributed by atoms with Gasteiger partial charge in [-0.2, -0.15) is 0 Å². The highest BCUT2D eigenvalue weighted by Crippen LogP contribution is 2.41. The van der Waals surface area contributed by atoms with Gasteiger partial charge >= 0.3 is 0 Å². The number of carbonyl (C=O) groups excluding carboxylic acids is 2. The molecule has 0 saturated carbocycles. The van der Waals surface area contributed by atoms with E-state index in [4.69, 9.17) is 0 Å². The molecule has 0 spiro atoms. The number of anilines is 2. The molecule has 23 heavy (non-hydrogen) atoms. The third-order valence-corrected chi connectivity index (χ3v) is 4.25. The van der Waals surface area contributed by atoms with E-state index in [0.717, 1.165) is 11.3 Å². The number of fused-ring (bicyclic) bond motifs is 1. The summed E-state index contributed by atoms with van der Waals surface area (Å²) in [5, 5.41) is 2.69. The van der Waals surface area contributed by atoms with Crippen molar-refractivity contribution in [2.75, 3.05) is 17.3 Å². The molecule has 1 N–H and O–H groups in total. The molecule has 0 fully saturated rings. The molecule has 0 atom stereocenters. The van der Waals surface area contributed by atoms with Gasteiger partial charge < -0.3 is 10.2 Å². The Morgan fingerprint density at radius 2 is 1.87 bits per heavy atom. The van der Waals surface area contributed by atoms with Crippen LogP contribution < -0.4 is 10.2 Å². The van der Waals surface area contributed by atoms with Crippen molar-refractivity contribution in [1.82, 2.24) is 0 Å². The summed E-state index contributed by atoms with van der Waals surface area (Å²) in [5.74, 6) is -1.08. The zero-order valence-corrected chi connectivity index (χ0v) is 13.2. The molecule has 0 saturated heterocycles. The third-order valence-electron chi connectivity index (χ3n) is 4.25. The monoisotopic (exact) mass is 312 g/mol. The summed E-state index contributed by atoms with van der Waals surface area (Å²) in [6.45, 7) is 3.69. The van der Waals surface area contributed by atoms with Crippen molar-refractivity contribution >= 4 is 23.2 Å². The highest BCUT2D eigenvalue weighted by Gasteiger charge is 2.42. The first-order chi connectivity index (χ1) is 10.8. The fraction of sp³-hybridized carbons (Fsp3) is 0.222. The predicted molar refractivity (Wildman–Crippen MR) is 87.2 cm³/mol. The van der Waals surface area contributed by atoms with Crippen LogP contribution in [-0.2, 0) is 10.2 Å². The van der Waals surface area contributed by atoms with Crippen LogP contribution in [0.3, 0.4) is 0 Å². The predicted octanol–water partition coefficient (Wildman–Crippen LogP) is 3.33. The summed E-state index contributed by atoms with van der Waals surface area (Å²) in [5.41, 5.74) is 1.54. The topological polar surface area (TPSA) is 49.4 Å². The van der Waals surface area contributed by atoms with Crippen LogP contribution in [0.5, 0.6) is 0 Å². The highest BCUT2D eigenvalue weighted by atomic mass is 19.1. The van der Waals surface area contributed by atoms with Gasteiger partial charge in [0.15, 0.2) is 0 Å². The molecular formula is C18H17FN2O2. The van der Waals surface area contributed by atoms with Crippen molar-refractivity contribution in [2.24, 2.45) is 0 Å². The Bertz CT molecular complexity index is 814. The molecule has 1 heterocycles. The summed E-state index contributed by atoms with van der Waals surface area (Å²) >= 11 is 0. The quantitative estimate of drug-likeness (QED) is 0.924. The molecule has 3 rings (SSSR count). The molecule has 1 aliphatic heterocycles. The standard InChI is InChI=1S/C18H17FN2O2/c1-18(2)13-10-11(8-9-15(13)21(3)17(18)23)20-16(22)12-6-4-5-7-14(12)19/h4-10H,1-3H3,(H,20,22). The Hall–Kier alpha value is -2.69. The normalized spacial score (nSPS) is 15.5. The van der Waals surface area contributed by atoms with Crippen molar-refractivity contribution in [3.63, 3.8) is 0 Å². The Labute approximate surface area is 133 Å². The van der Waals surface area contributed by atoms with E-state index in [1.54, 1.807) is 36.2 Å². The van der Waals surface area contributed by atoms with Crippen LogP contribution in [0.15, 0.2) is 42.5 Å². The Balaban J connectivity index is 1.93. The summed E-state index contributed by atoms with van der Waals surface area (Å²) in [6.07, 6.45) is 0. The van der Waals surface area contributed by atoms with Gasteiger partial charge in [-0.05, 0) is 49.7 Å². The Morgan fingerprint density at radius 1 is 1.17 bits per heavy atom. The molecule has 0 bridgehead atoms. The molecule has 0 unspecified atom stereocenters. The van der Waals surface area contributed by atoms with Gasteiger partial charge in [0, 0.05) is 18.4 Å². The van der Waals surface area contributed by atoms with Crippen molar-refractivity contribution in [3.8, 4) is 0 Å². The van der Waals surface area contributed by atoms with Crippen molar-refractivity contribution in [2.45, 2.75) is 19.3 Å². The van der Waals surface area contributed by atoms with E-state index in [-0.39, 0.29) is 11.5 Å². The van der Waals surface area contributed by atoms with E-state index in [0.29, 0.717) is 5.69 Å². The van der Waals surface area contributed by atoms with Gasteiger partial charge in [0.2, 0.25) is 5.91 Å². The second-order valence-electron chi connectivity index (χ2n) is 6.16. The average Bonchev–Trinajstić information content (AvgIpc) is 2.69. The third kappa shape index (κ3) is 2.38. The second-order valence-corrected chi connectivity index (χ2v) is 6.16. The first-order valence-electron chi connectivity index (χ1n) is 7.31.